The lowest BCUT2D eigenvalue weighted by molar-refractivity contribution is -0.121. The first-order valence-corrected chi connectivity index (χ1v) is 11.2. The lowest BCUT2D eigenvalue weighted by Gasteiger charge is -2.36. The highest BCUT2D eigenvalue weighted by Gasteiger charge is 2.23. The number of sulfonamides is 1. The molecule has 0 spiro atoms. The number of hydrogen-bond acceptors (Lipinski definition) is 6. The Labute approximate surface area is 176 Å². The summed E-state index contributed by atoms with van der Waals surface area (Å²) in [7, 11) is -2.37. The first-order chi connectivity index (χ1) is 14.4. The third-order valence-corrected chi connectivity index (χ3v) is 6.81. The van der Waals surface area contributed by atoms with E-state index < -0.39 is 10.0 Å². The van der Waals surface area contributed by atoms with Crippen molar-refractivity contribution in [2.45, 2.75) is 4.90 Å². The van der Waals surface area contributed by atoms with Gasteiger partial charge in [0.25, 0.3) is 0 Å². The third-order valence-electron chi connectivity index (χ3n) is 5.02. The number of piperazine rings is 1. The van der Waals surface area contributed by atoms with Gasteiger partial charge in [-0.2, -0.15) is 4.31 Å². The number of anilines is 1. The van der Waals surface area contributed by atoms with Crippen molar-refractivity contribution in [2.75, 3.05) is 57.8 Å². The SMILES string of the molecule is CN(CC(=O)NCCN1CCN(c2ccc(F)cc2)CC1)S(=O)(=O)c1cccnc1. The molecule has 2 heterocycles. The number of likely N-dealkylation sites (N-methyl/N-ethyl adjacent to an activating group) is 1. The Bertz CT molecular complexity index is 933. The fourth-order valence-electron chi connectivity index (χ4n) is 3.26. The van der Waals surface area contributed by atoms with E-state index in [2.05, 4.69) is 20.1 Å². The van der Waals surface area contributed by atoms with Gasteiger partial charge in [0.15, 0.2) is 0 Å². The number of pyridine rings is 1. The number of halogens is 1. The van der Waals surface area contributed by atoms with Crippen molar-refractivity contribution in [3.8, 4) is 0 Å². The molecule has 1 amide bonds. The quantitative estimate of drug-likeness (QED) is 0.660. The number of nitrogens with zero attached hydrogens (tertiary/aromatic N) is 4. The molecule has 30 heavy (non-hydrogen) atoms. The normalized spacial score (nSPS) is 15.4. The minimum atomic E-state index is -3.74. The van der Waals surface area contributed by atoms with Crippen LogP contribution in [0.2, 0.25) is 0 Å². The van der Waals surface area contributed by atoms with Crippen LogP contribution >= 0.6 is 0 Å². The number of rotatable bonds is 8. The molecule has 0 atom stereocenters. The predicted octanol–water partition coefficient (Wildman–Crippen LogP) is 0.780. The number of carbonyl (C=O) groups is 1. The first-order valence-electron chi connectivity index (χ1n) is 9.72. The van der Waals surface area contributed by atoms with Crippen LogP contribution in [-0.2, 0) is 14.8 Å². The highest BCUT2D eigenvalue weighted by molar-refractivity contribution is 7.89. The molecule has 0 saturated carbocycles. The van der Waals surface area contributed by atoms with Gasteiger partial charge in [-0.1, -0.05) is 0 Å². The largest absolute Gasteiger partial charge is 0.369 e. The standard InChI is InChI=1S/C20H26FN5O3S/c1-24(30(28,29)19-3-2-8-22-15-19)16-20(27)23-9-10-25-11-13-26(14-12-25)18-6-4-17(21)5-7-18/h2-8,15H,9-14,16H2,1H3,(H,23,27). The lowest BCUT2D eigenvalue weighted by Crippen LogP contribution is -2.49. The van der Waals surface area contributed by atoms with E-state index in [-0.39, 0.29) is 23.2 Å². The molecule has 1 aromatic heterocycles. The van der Waals surface area contributed by atoms with Crippen LogP contribution in [0.4, 0.5) is 10.1 Å². The Hall–Kier alpha value is -2.56. The van der Waals surface area contributed by atoms with Crippen molar-refractivity contribution in [1.82, 2.24) is 19.5 Å². The van der Waals surface area contributed by atoms with Crippen LogP contribution < -0.4 is 10.2 Å². The fraction of sp³-hybridized carbons (Fsp3) is 0.400. The van der Waals surface area contributed by atoms with Gasteiger partial charge in [-0.25, -0.2) is 12.8 Å². The molecule has 1 saturated heterocycles. The number of aromatic nitrogens is 1. The maximum Gasteiger partial charge on any atom is 0.244 e. The second-order valence-electron chi connectivity index (χ2n) is 7.10. The zero-order valence-corrected chi connectivity index (χ0v) is 17.7. The minimum absolute atomic E-state index is 0.0549. The summed E-state index contributed by atoms with van der Waals surface area (Å²) >= 11 is 0. The minimum Gasteiger partial charge on any atom is -0.369 e. The van der Waals surface area contributed by atoms with Gasteiger partial charge >= 0.3 is 0 Å². The van der Waals surface area contributed by atoms with Crippen LogP contribution in [-0.4, -0.2) is 81.4 Å². The summed E-state index contributed by atoms with van der Waals surface area (Å²) in [4.78, 5) is 20.4. The van der Waals surface area contributed by atoms with Crippen LogP contribution in [0.15, 0.2) is 53.7 Å². The van der Waals surface area contributed by atoms with E-state index in [1.54, 1.807) is 12.1 Å². The Balaban J connectivity index is 1.38. The average molecular weight is 436 g/mol. The van der Waals surface area contributed by atoms with E-state index in [0.717, 1.165) is 36.2 Å². The van der Waals surface area contributed by atoms with E-state index in [9.17, 15) is 17.6 Å². The van der Waals surface area contributed by atoms with Crippen LogP contribution in [0, 0.1) is 5.82 Å². The number of nitrogens with one attached hydrogen (secondary N) is 1. The molecule has 0 bridgehead atoms. The van der Waals surface area contributed by atoms with Gasteiger partial charge in [-0.3, -0.25) is 14.7 Å². The van der Waals surface area contributed by atoms with Gasteiger partial charge in [0.2, 0.25) is 15.9 Å². The summed E-state index contributed by atoms with van der Waals surface area (Å²) in [6.07, 6.45) is 2.75. The summed E-state index contributed by atoms with van der Waals surface area (Å²) in [5.74, 6) is -0.595. The molecule has 2 aromatic rings. The van der Waals surface area contributed by atoms with E-state index in [1.165, 1.54) is 43.7 Å². The van der Waals surface area contributed by atoms with Gasteiger partial charge in [-0.15, -0.1) is 0 Å². The van der Waals surface area contributed by atoms with E-state index >= 15 is 0 Å². The van der Waals surface area contributed by atoms with Gasteiger partial charge < -0.3 is 10.2 Å². The number of carbonyl (C=O) groups excluding carboxylic acids is 1. The molecule has 1 aliphatic rings. The maximum absolute atomic E-state index is 13.1. The summed E-state index contributed by atoms with van der Waals surface area (Å²) in [5, 5.41) is 2.78. The van der Waals surface area contributed by atoms with Crippen molar-refractivity contribution in [1.29, 1.82) is 0 Å². The highest BCUT2D eigenvalue weighted by Crippen LogP contribution is 2.16. The molecule has 1 aliphatic heterocycles. The maximum atomic E-state index is 13.1. The molecule has 10 heteroatoms. The number of hydrogen-bond donors (Lipinski definition) is 1. The molecular formula is C20H26FN5O3S. The molecule has 162 valence electrons. The fourth-order valence-corrected chi connectivity index (χ4v) is 4.35. The van der Waals surface area contributed by atoms with Crippen molar-refractivity contribution >= 4 is 21.6 Å². The van der Waals surface area contributed by atoms with Crippen LogP contribution in [0.1, 0.15) is 0 Å². The molecule has 0 aliphatic carbocycles. The predicted molar refractivity (Wildman–Crippen MR) is 112 cm³/mol. The summed E-state index contributed by atoms with van der Waals surface area (Å²) in [6.45, 7) is 4.19. The van der Waals surface area contributed by atoms with Gasteiger partial charge in [0, 0.05) is 64.4 Å². The van der Waals surface area contributed by atoms with Crippen molar-refractivity contribution < 1.29 is 17.6 Å². The molecule has 0 radical (unpaired) electrons. The van der Waals surface area contributed by atoms with E-state index in [0.29, 0.717) is 13.1 Å². The summed E-state index contributed by atoms with van der Waals surface area (Å²) in [5.41, 5.74) is 1.00. The Morgan fingerprint density at radius 2 is 1.87 bits per heavy atom. The molecular weight excluding hydrogens is 409 g/mol. The summed E-state index contributed by atoms with van der Waals surface area (Å²) in [6, 6.07) is 9.47. The van der Waals surface area contributed by atoms with Crippen LogP contribution in [0.3, 0.4) is 0 Å². The molecule has 1 N–H and O–H groups in total. The monoisotopic (exact) mass is 435 g/mol. The second kappa shape index (κ2) is 9.96. The second-order valence-corrected chi connectivity index (χ2v) is 9.15. The van der Waals surface area contributed by atoms with Gasteiger partial charge in [0.05, 0.1) is 6.54 Å². The molecule has 8 nitrogen and oxygen atoms in total. The van der Waals surface area contributed by atoms with E-state index in [1.807, 2.05) is 0 Å². The molecule has 1 fully saturated rings. The lowest BCUT2D eigenvalue weighted by atomic mass is 10.2. The van der Waals surface area contributed by atoms with Crippen molar-refractivity contribution in [2.24, 2.45) is 0 Å². The van der Waals surface area contributed by atoms with Gasteiger partial charge in [0.1, 0.15) is 10.7 Å². The highest BCUT2D eigenvalue weighted by atomic mass is 32.2. The Morgan fingerprint density at radius 1 is 1.17 bits per heavy atom. The van der Waals surface area contributed by atoms with Crippen molar-refractivity contribution in [3.63, 3.8) is 0 Å². The first kappa shape index (κ1) is 22.1. The molecule has 1 aromatic carbocycles. The van der Waals surface area contributed by atoms with Crippen molar-refractivity contribution in [3.05, 3.63) is 54.6 Å². The third kappa shape index (κ3) is 5.74. The smallest absolute Gasteiger partial charge is 0.244 e. The topological polar surface area (TPSA) is 85.9 Å². The average Bonchev–Trinajstić information content (AvgIpc) is 2.75. The number of benzene rings is 1. The molecule has 0 unspecified atom stereocenters. The summed E-state index contributed by atoms with van der Waals surface area (Å²) < 4.78 is 38.9. The Morgan fingerprint density at radius 3 is 2.50 bits per heavy atom. The van der Waals surface area contributed by atoms with Gasteiger partial charge in [-0.05, 0) is 36.4 Å². The Kier molecular flexibility index (Phi) is 7.35. The van der Waals surface area contributed by atoms with E-state index in [4.69, 9.17) is 0 Å². The van der Waals surface area contributed by atoms with Crippen LogP contribution in [0.5, 0.6) is 0 Å². The number of amides is 1. The van der Waals surface area contributed by atoms with Crippen LogP contribution in [0.25, 0.3) is 0 Å². The zero-order valence-electron chi connectivity index (χ0n) is 16.9. The molecule has 3 rings (SSSR count). The zero-order chi connectivity index (χ0) is 21.6.